The Labute approximate surface area is 134 Å². The molecule has 0 radical (unpaired) electrons. The van der Waals surface area contributed by atoms with Crippen molar-refractivity contribution in [2.45, 2.75) is 6.54 Å². The number of amides is 2. The molecule has 22 heavy (non-hydrogen) atoms. The van der Waals surface area contributed by atoms with E-state index < -0.39 is 0 Å². The fourth-order valence-electron chi connectivity index (χ4n) is 1.96. The van der Waals surface area contributed by atoms with Gasteiger partial charge in [-0.2, -0.15) is 11.3 Å². The second-order valence-corrected chi connectivity index (χ2v) is 5.49. The van der Waals surface area contributed by atoms with E-state index in [0.717, 1.165) is 5.56 Å². The van der Waals surface area contributed by atoms with Gasteiger partial charge in [-0.15, -0.1) is 0 Å². The van der Waals surface area contributed by atoms with E-state index >= 15 is 0 Å². The number of urea groups is 1. The van der Waals surface area contributed by atoms with Crippen molar-refractivity contribution in [2.24, 2.45) is 0 Å². The first kappa shape index (κ1) is 16.3. The third-order valence-corrected chi connectivity index (χ3v) is 3.86. The van der Waals surface area contributed by atoms with Crippen LogP contribution in [0.3, 0.4) is 0 Å². The molecule has 1 aromatic carbocycles. The van der Waals surface area contributed by atoms with Crippen LogP contribution in [0.1, 0.15) is 5.56 Å². The van der Waals surface area contributed by atoms with E-state index in [2.05, 4.69) is 5.32 Å². The minimum absolute atomic E-state index is 0.156. The topological polar surface area (TPSA) is 50.8 Å². The Bertz CT molecular complexity index is 587. The number of ether oxygens (including phenoxy) is 2. The average Bonchev–Trinajstić information content (AvgIpc) is 3.04. The van der Waals surface area contributed by atoms with Crippen molar-refractivity contribution in [3.8, 4) is 5.75 Å². The first-order valence-electron chi connectivity index (χ1n) is 6.93. The SMILES string of the molecule is COCCN(Cc1ccsc1)C(=O)Nc1cccc(OC)c1. The molecule has 1 N–H and O–H groups in total. The van der Waals surface area contributed by atoms with Gasteiger partial charge in [0.25, 0.3) is 0 Å². The second-order valence-electron chi connectivity index (χ2n) is 4.71. The van der Waals surface area contributed by atoms with Crippen molar-refractivity contribution >= 4 is 23.1 Å². The molecule has 2 aromatic rings. The lowest BCUT2D eigenvalue weighted by Crippen LogP contribution is -2.36. The maximum atomic E-state index is 12.5. The second kappa shape index (κ2) is 8.41. The Morgan fingerprint density at radius 3 is 2.86 bits per heavy atom. The number of nitrogens with zero attached hydrogens (tertiary/aromatic N) is 1. The molecule has 0 bridgehead atoms. The molecule has 0 atom stereocenters. The molecule has 0 saturated heterocycles. The summed E-state index contributed by atoms with van der Waals surface area (Å²) in [4.78, 5) is 14.2. The summed E-state index contributed by atoms with van der Waals surface area (Å²) in [6.07, 6.45) is 0. The Hall–Kier alpha value is -2.05. The van der Waals surface area contributed by atoms with Crippen molar-refractivity contribution in [3.63, 3.8) is 0 Å². The first-order valence-corrected chi connectivity index (χ1v) is 7.87. The first-order chi connectivity index (χ1) is 10.7. The molecule has 0 spiro atoms. The average molecular weight is 320 g/mol. The zero-order valence-electron chi connectivity index (χ0n) is 12.7. The van der Waals surface area contributed by atoms with Gasteiger partial charge in [-0.1, -0.05) is 6.07 Å². The number of rotatable bonds is 7. The maximum absolute atomic E-state index is 12.5. The van der Waals surface area contributed by atoms with Gasteiger partial charge >= 0.3 is 6.03 Å². The lowest BCUT2D eigenvalue weighted by Gasteiger charge is -2.22. The molecular formula is C16H20N2O3S. The van der Waals surface area contributed by atoms with Crippen molar-refractivity contribution < 1.29 is 14.3 Å². The van der Waals surface area contributed by atoms with Gasteiger partial charge in [-0.05, 0) is 34.5 Å². The van der Waals surface area contributed by atoms with Crippen molar-refractivity contribution in [2.75, 3.05) is 32.7 Å². The van der Waals surface area contributed by atoms with Crippen molar-refractivity contribution in [1.82, 2.24) is 4.90 Å². The zero-order valence-corrected chi connectivity index (χ0v) is 13.6. The van der Waals surface area contributed by atoms with Crippen LogP contribution in [0.2, 0.25) is 0 Å². The summed E-state index contributed by atoms with van der Waals surface area (Å²) in [6, 6.07) is 9.16. The minimum atomic E-state index is -0.156. The number of carbonyl (C=O) groups is 1. The standard InChI is InChI=1S/C16H20N2O3S/c1-20-8-7-18(11-13-6-9-22-12-13)16(19)17-14-4-3-5-15(10-14)21-2/h3-6,9-10,12H,7-8,11H2,1-2H3,(H,17,19). The Kier molecular flexibility index (Phi) is 6.24. The quantitative estimate of drug-likeness (QED) is 0.850. The van der Waals surface area contributed by atoms with E-state index in [1.165, 1.54) is 0 Å². The molecule has 6 heteroatoms. The monoisotopic (exact) mass is 320 g/mol. The van der Waals surface area contributed by atoms with Crippen LogP contribution < -0.4 is 10.1 Å². The molecule has 0 aliphatic rings. The van der Waals surface area contributed by atoms with E-state index in [4.69, 9.17) is 9.47 Å². The van der Waals surface area contributed by atoms with Gasteiger partial charge in [0.2, 0.25) is 0 Å². The predicted molar refractivity (Wildman–Crippen MR) is 88.6 cm³/mol. The van der Waals surface area contributed by atoms with Crippen LogP contribution in [-0.4, -0.2) is 38.3 Å². The number of nitrogens with one attached hydrogen (secondary N) is 1. The number of anilines is 1. The highest BCUT2D eigenvalue weighted by Gasteiger charge is 2.14. The number of benzene rings is 1. The molecule has 1 heterocycles. The number of thiophene rings is 1. The van der Waals surface area contributed by atoms with Gasteiger partial charge in [-0.3, -0.25) is 0 Å². The van der Waals surface area contributed by atoms with E-state index in [0.29, 0.717) is 31.1 Å². The lowest BCUT2D eigenvalue weighted by atomic mass is 10.3. The summed E-state index contributed by atoms with van der Waals surface area (Å²) in [7, 11) is 3.23. The highest BCUT2D eigenvalue weighted by Crippen LogP contribution is 2.18. The van der Waals surface area contributed by atoms with Gasteiger partial charge in [0.05, 0.1) is 13.7 Å². The highest BCUT2D eigenvalue weighted by molar-refractivity contribution is 7.07. The van der Waals surface area contributed by atoms with Crippen LogP contribution in [0.15, 0.2) is 41.1 Å². The molecule has 2 rings (SSSR count). The predicted octanol–water partition coefficient (Wildman–Crippen LogP) is 3.44. The molecule has 0 saturated carbocycles. The normalized spacial score (nSPS) is 10.3. The fourth-order valence-corrected chi connectivity index (χ4v) is 2.62. The van der Waals surface area contributed by atoms with Crippen LogP contribution in [0, 0.1) is 0 Å². The van der Waals surface area contributed by atoms with E-state index in [9.17, 15) is 4.79 Å². The summed E-state index contributed by atoms with van der Waals surface area (Å²) in [5.74, 6) is 0.707. The number of carbonyl (C=O) groups excluding carboxylic acids is 1. The highest BCUT2D eigenvalue weighted by atomic mass is 32.1. The maximum Gasteiger partial charge on any atom is 0.322 e. The van der Waals surface area contributed by atoms with Gasteiger partial charge in [0.1, 0.15) is 5.75 Å². The van der Waals surface area contributed by atoms with E-state index in [1.54, 1.807) is 36.5 Å². The van der Waals surface area contributed by atoms with Crippen molar-refractivity contribution in [3.05, 3.63) is 46.7 Å². The van der Waals surface area contributed by atoms with Crippen molar-refractivity contribution in [1.29, 1.82) is 0 Å². The third-order valence-electron chi connectivity index (χ3n) is 3.13. The van der Waals surface area contributed by atoms with Gasteiger partial charge in [0.15, 0.2) is 0 Å². The lowest BCUT2D eigenvalue weighted by molar-refractivity contribution is 0.153. The molecule has 5 nitrogen and oxygen atoms in total. The van der Waals surface area contributed by atoms with E-state index in [-0.39, 0.29) is 6.03 Å². The molecule has 0 fully saturated rings. The van der Waals surface area contributed by atoms with Gasteiger partial charge in [-0.25, -0.2) is 4.79 Å². The molecular weight excluding hydrogens is 300 g/mol. The Balaban J connectivity index is 2.03. The summed E-state index contributed by atoms with van der Waals surface area (Å²) < 4.78 is 10.3. The Morgan fingerprint density at radius 1 is 1.32 bits per heavy atom. The van der Waals surface area contributed by atoms with Crippen LogP contribution in [-0.2, 0) is 11.3 Å². The summed E-state index contributed by atoms with van der Waals surface area (Å²) in [5.41, 5.74) is 1.82. The van der Waals surface area contributed by atoms with E-state index in [1.807, 2.05) is 35.0 Å². The smallest absolute Gasteiger partial charge is 0.322 e. The number of hydrogen-bond acceptors (Lipinski definition) is 4. The Morgan fingerprint density at radius 2 is 2.18 bits per heavy atom. The molecule has 1 aromatic heterocycles. The number of methoxy groups -OCH3 is 2. The fraction of sp³-hybridized carbons (Fsp3) is 0.312. The molecule has 0 unspecified atom stereocenters. The molecule has 0 aliphatic carbocycles. The summed E-state index contributed by atoms with van der Waals surface area (Å²) in [5, 5.41) is 6.94. The number of hydrogen-bond donors (Lipinski definition) is 1. The van der Waals surface area contributed by atoms with Crippen LogP contribution in [0.25, 0.3) is 0 Å². The van der Waals surface area contributed by atoms with Gasteiger partial charge in [0, 0.05) is 32.0 Å². The molecule has 0 aliphatic heterocycles. The molecule has 118 valence electrons. The minimum Gasteiger partial charge on any atom is -0.497 e. The third kappa shape index (κ3) is 4.75. The zero-order chi connectivity index (χ0) is 15.8. The van der Waals surface area contributed by atoms with Gasteiger partial charge < -0.3 is 19.7 Å². The van der Waals surface area contributed by atoms with Crippen LogP contribution in [0.4, 0.5) is 10.5 Å². The summed E-state index contributed by atoms with van der Waals surface area (Å²) in [6.45, 7) is 1.58. The molecule has 2 amide bonds. The van der Waals surface area contributed by atoms with Crippen LogP contribution in [0.5, 0.6) is 5.75 Å². The largest absolute Gasteiger partial charge is 0.497 e. The summed E-state index contributed by atoms with van der Waals surface area (Å²) >= 11 is 1.62. The van der Waals surface area contributed by atoms with Crippen LogP contribution >= 0.6 is 11.3 Å².